The fourth-order valence-electron chi connectivity index (χ4n) is 2.13. The minimum atomic E-state index is -0.0661. The van der Waals surface area contributed by atoms with Crippen molar-refractivity contribution in [2.75, 3.05) is 6.61 Å². The van der Waals surface area contributed by atoms with E-state index in [9.17, 15) is 0 Å². The normalized spacial score (nSPS) is 12.4. The third kappa shape index (κ3) is 3.91. The number of hydrogen-bond donors (Lipinski definition) is 1. The topological polar surface area (TPSA) is 35.2 Å². The molecule has 1 unspecified atom stereocenters. The van der Waals surface area contributed by atoms with Crippen LogP contribution in [0, 0.1) is 13.8 Å². The molecule has 0 aliphatic heterocycles. The Morgan fingerprint density at radius 1 is 1.05 bits per heavy atom. The molecule has 0 aliphatic carbocycles. The maximum Gasteiger partial charge on any atom is 0.0717 e. The summed E-state index contributed by atoms with van der Waals surface area (Å²) in [6, 6.07) is 16.5. The number of benzene rings is 2. The van der Waals surface area contributed by atoms with Crippen LogP contribution in [0.5, 0.6) is 0 Å². The van der Waals surface area contributed by atoms with Crippen LogP contribution in [-0.4, -0.2) is 6.61 Å². The molecule has 0 saturated carbocycles. The Balaban J connectivity index is 1.91. The molecule has 100 valence electrons. The average Bonchev–Trinajstić information content (AvgIpc) is 2.42. The zero-order valence-corrected chi connectivity index (χ0v) is 11.6. The first kappa shape index (κ1) is 13.8. The summed E-state index contributed by atoms with van der Waals surface area (Å²) in [4.78, 5) is 0. The lowest BCUT2D eigenvalue weighted by Gasteiger charge is -2.16. The Hall–Kier alpha value is -1.64. The first-order valence-corrected chi connectivity index (χ1v) is 6.61. The SMILES string of the molecule is Cc1ccc(C)c(C(N)COCc2ccccc2)c1. The number of ether oxygens (including phenoxy) is 1. The van der Waals surface area contributed by atoms with Gasteiger partial charge in [0.05, 0.1) is 19.3 Å². The van der Waals surface area contributed by atoms with E-state index in [0.717, 1.165) is 0 Å². The molecule has 2 heteroatoms. The predicted octanol–water partition coefficient (Wildman–Crippen LogP) is 3.52. The standard InChI is InChI=1S/C17H21NO/c1-13-8-9-14(2)16(10-13)17(18)12-19-11-15-6-4-3-5-7-15/h3-10,17H,11-12,18H2,1-2H3. The lowest BCUT2D eigenvalue weighted by molar-refractivity contribution is 0.108. The molecule has 2 nitrogen and oxygen atoms in total. The molecule has 2 aromatic carbocycles. The molecule has 0 aliphatic rings. The van der Waals surface area contributed by atoms with E-state index in [4.69, 9.17) is 10.5 Å². The van der Waals surface area contributed by atoms with E-state index >= 15 is 0 Å². The van der Waals surface area contributed by atoms with Gasteiger partial charge in [-0.1, -0.05) is 54.1 Å². The van der Waals surface area contributed by atoms with Crippen LogP contribution in [0.15, 0.2) is 48.5 Å². The van der Waals surface area contributed by atoms with Gasteiger partial charge in [0.2, 0.25) is 0 Å². The van der Waals surface area contributed by atoms with Crippen molar-refractivity contribution in [2.45, 2.75) is 26.5 Å². The second-order valence-electron chi connectivity index (χ2n) is 4.97. The molecule has 19 heavy (non-hydrogen) atoms. The molecule has 2 rings (SSSR count). The van der Waals surface area contributed by atoms with Crippen LogP contribution in [0.3, 0.4) is 0 Å². The van der Waals surface area contributed by atoms with Crippen LogP contribution in [0.25, 0.3) is 0 Å². The molecule has 2 aromatic rings. The highest BCUT2D eigenvalue weighted by atomic mass is 16.5. The monoisotopic (exact) mass is 255 g/mol. The van der Waals surface area contributed by atoms with Crippen molar-refractivity contribution in [2.24, 2.45) is 5.73 Å². The summed E-state index contributed by atoms with van der Waals surface area (Å²) < 4.78 is 5.71. The van der Waals surface area contributed by atoms with Gasteiger partial charge in [0.25, 0.3) is 0 Å². The fourth-order valence-corrected chi connectivity index (χ4v) is 2.13. The lowest BCUT2D eigenvalue weighted by Crippen LogP contribution is -2.18. The van der Waals surface area contributed by atoms with Gasteiger partial charge in [0.1, 0.15) is 0 Å². The molecule has 0 spiro atoms. The summed E-state index contributed by atoms with van der Waals surface area (Å²) in [5, 5.41) is 0. The number of nitrogens with two attached hydrogens (primary N) is 1. The van der Waals surface area contributed by atoms with Gasteiger partial charge in [-0.15, -0.1) is 0 Å². The molecule has 1 atom stereocenters. The Labute approximate surface area is 115 Å². The van der Waals surface area contributed by atoms with Gasteiger partial charge in [-0.3, -0.25) is 0 Å². The van der Waals surface area contributed by atoms with E-state index in [2.05, 4.69) is 44.2 Å². The molecule has 0 aromatic heterocycles. The maximum absolute atomic E-state index is 6.20. The van der Waals surface area contributed by atoms with Gasteiger partial charge in [-0.05, 0) is 30.5 Å². The van der Waals surface area contributed by atoms with Crippen molar-refractivity contribution < 1.29 is 4.74 Å². The Morgan fingerprint density at radius 2 is 1.79 bits per heavy atom. The Morgan fingerprint density at radius 3 is 2.53 bits per heavy atom. The summed E-state index contributed by atoms with van der Waals surface area (Å²) in [5.41, 5.74) is 11.0. The van der Waals surface area contributed by atoms with E-state index in [-0.39, 0.29) is 6.04 Å². The minimum absolute atomic E-state index is 0.0661. The van der Waals surface area contributed by atoms with Crippen molar-refractivity contribution in [1.29, 1.82) is 0 Å². The van der Waals surface area contributed by atoms with Gasteiger partial charge < -0.3 is 10.5 Å². The third-order valence-corrected chi connectivity index (χ3v) is 3.24. The second-order valence-corrected chi connectivity index (χ2v) is 4.97. The molecular formula is C17H21NO. The van der Waals surface area contributed by atoms with Crippen molar-refractivity contribution in [1.82, 2.24) is 0 Å². The van der Waals surface area contributed by atoms with Crippen LogP contribution in [0.4, 0.5) is 0 Å². The van der Waals surface area contributed by atoms with E-state index in [1.807, 2.05) is 18.2 Å². The van der Waals surface area contributed by atoms with Crippen LogP contribution in [-0.2, 0) is 11.3 Å². The smallest absolute Gasteiger partial charge is 0.0717 e. The van der Waals surface area contributed by atoms with Crippen LogP contribution in [0.2, 0.25) is 0 Å². The van der Waals surface area contributed by atoms with E-state index in [0.29, 0.717) is 13.2 Å². The molecule has 0 saturated heterocycles. The van der Waals surface area contributed by atoms with E-state index in [1.165, 1.54) is 22.3 Å². The fraction of sp³-hybridized carbons (Fsp3) is 0.294. The lowest BCUT2D eigenvalue weighted by atomic mass is 10.00. The molecule has 0 heterocycles. The van der Waals surface area contributed by atoms with Crippen molar-refractivity contribution in [3.8, 4) is 0 Å². The number of hydrogen-bond acceptors (Lipinski definition) is 2. The Kier molecular flexibility index (Phi) is 4.72. The summed E-state index contributed by atoms with van der Waals surface area (Å²) in [6.45, 7) is 5.32. The van der Waals surface area contributed by atoms with E-state index < -0.39 is 0 Å². The predicted molar refractivity (Wildman–Crippen MR) is 78.9 cm³/mol. The van der Waals surface area contributed by atoms with Gasteiger partial charge in [0.15, 0.2) is 0 Å². The number of aryl methyl sites for hydroxylation is 2. The van der Waals surface area contributed by atoms with Crippen LogP contribution >= 0.6 is 0 Å². The molecule has 0 amide bonds. The molecule has 0 bridgehead atoms. The summed E-state index contributed by atoms with van der Waals surface area (Å²) >= 11 is 0. The first-order chi connectivity index (χ1) is 9.16. The summed E-state index contributed by atoms with van der Waals surface area (Å²) in [7, 11) is 0. The van der Waals surface area contributed by atoms with Gasteiger partial charge >= 0.3 is 0 Å². The van der Waals surface area contributed by atoms with Gasteiger partial charge in [-0.2, -0.15) is 0 Å². The molecule has 0 radical (unpaired) electrons. The highest BCUT2D eigenvalue weighted by Crippen LogP contribution is 2.18. The van der Waals surface area contributed by atoms with Gasteiger partial charge in [0, 0.05) is 0 Å². The Bertz CT molecular complexity index is 522. The molecule has 2 N–H and O–H groups in total. The highest BCUT2D eigenvalue weighted by Gasteiger charge is 2.09. The van der Waals surface area contributed by atoms with E-state index in [1.54, 1.807) is 0 Å². The first-order valence-electron chi connectivity index (χ1n) is 6.61. The third-order valence-electron chi connectivity index (χ3n) is 3.24. The van der Waals surface area contributed by atoms with Crippen LogP contribution < -0.4 is 5.73 Å². The van der Waals surface area contributed by atoms with Crippen molar-refractivity contribution >= 4 is 0 Å². The molecular weight excluding hydrogens is 234 g/mol. The minimum Gasteiger partial charge on any atom is -0.375 e. The van der Waals surface area contributed by atoms with Crippen LogP contribution in [0.1, 0.15) is 28.3 Å². The summed E-state index contributed by atoms with van der Waals surface area (Å²) in [5.74, 6) is 0. The quantitative estimate of drug-likeness (QED) is 0.887. The largest absolute Gasteiger partial charge is 0.375 e. The zero-order valence-electron chi connectivity index (χ0n) is 11.6. The maximum atomic E-state index is 6.20. The number of rotatable bonds is 5. The summed E-state index contributed by atoms with van der Waals surface area (Å²) in [6.07, 6.45) is 0. The highest BCUT2D eigenvalue weighted by molar-refractivity contribution is 5.32. The molecule has 0 fully saturated rings. The average molecular weight is 255 g/mol. The van der Waals surface area contributed by atoms with Crippen molar-refractivity contribution in [3.05, 3.63) is 70.8 Å². The second kappa shape index (κ2) is 6.50. The van der Waals surface area contributed by atoms with Gasteiger partial charge in [-0.25, -0.2) is 0 Å². The zero-order chi connectivity index (χ0) is 13.7. The van der Waals surface area contributed by atoms with Crippen molar-refractivity contribution in [3.63, 3.8) is 0 Å².